The number of nitrogens with zero attached hydrogens (tertiary/aromatic N) is 2. The molecule has 0 radical (unpaired) electrons. The van der Waals surface area contributed by atoms with Gasteiger partial charge in [0, 0.05) is 24.0 Å². The fourth-order valence-corrected chi connectivity index (χ4v) is 5.41. The van der Waals surface area contributed by atoms with Crippen molar-refractivity contribution in [2.75, 3.05) is 27.2 Å². The number of hydrogen-bond donors (Lipinski definition) is 1. The highest BCUT2D eigenvalue weighted by Crippen LogP contribution is 2.30. The van der Waals surface area contributed by atoms with Crippen molar-refractivity contribution in [3.8, 4) is 0 Å². The summed E-state index contributed by atoms with van der Waals surface area (Å²) in [7, 11) is 0.544. The average molecular weight is 304 g/mol. The standard InChI is InChI=1S/C12H20N2O3S2/c1-9-6-14(7-11(9)13(2)3)19(16,17)12-5-4-10(8-15)18-12/h4-5,9,11,15H,6-8H2,1-3H3. The van der Waals surface area contributed by atoms with E-state index in [0.29, 0.717) is 28.1 Å². The van der Waals surface area contributed by atoms with Crippen LogP contribution in [0.1, 0.15) is 11.8 Å². The molecule has 2 rings (SSSR count). The van der Waals surface area contributed by atoms with Gasteiger partial charge in [-0.1, -0.05) is 6.92 Å². The second-order valence-electron chi connectivity index (χ2n) is 5.21. The van der Waals surface area contributed by atoms with E-state index in [1.165, 1.54) is 0 Å². The molecule has 1 aliphatic heterocycles. The molecule has 2 heterocycles. The maximum atomic E-state index is 12.5. The minimum atomic E-state index is -3.41. The molecule has 1 aliphatic rings. The van der Waals surface area contributed by atoms with Gasteiger partial charge < -0.3 is 10.0 Å². The molecular weight excluding hydrogens is 284 g/mol. The smallest absolute Gasteiger partial charge is 0.252 e. The molecule has 0 bridgehead atoms. The number of aliphatic hydroxyl groups excluding tert-OH is 1. The van der Waals surface area contributed by atoms with E-state index in [-0.39, 0.29) is 12.6 Å². The lowest BCUT2D eigenvalue weighted by molar-refractivity contribution is 0.263. The van der Waals surface area contributed by atoms with Crippen molar-refractivity contribution in [1.29, 1.82) is 0 Å². The molecule has 108 valence electrons. The van der Waals surface area contributed by atoms with Crippen molar-refractivity contribution in [2.24, 2.45) is 5.92 Å². The van der Waals surface area contributed by atoms with Gasteiger partial charge in [0.25, 0.3) is 10.0 Å². The van der Waals surface area contributed by atoms with E-state index in [4.69, 9.17) is 5.11 Å². The number of thiophene rings is 1. The maximum absolute atomic E-state index is 12.5. The van der Waals surface area contributed by atoms with Gasteiger partial charge in [-0.2, -0.15) is 4.31 Å². The molecule has 0 spiro atoms. The van der Waals surface area contributed by atoms with E-state index in [9.17, 15) is 8.42 Å². The van der Waals surface area contributed by atoms with Gasteiger partial charge in [-0.05, 0) is 32.1 Å². The molecule has 0 amide bonds. The Morgan fingerprint density at radius 1 is 1.42 bits per heavy atom. The number of rotatable bonds is 4. The SMILES string of the molecule is CC1CN(S(=O)(=O)c2ccc(CO)s2)CC1N(C)C. The highest BCUT2D eigenvalue weighted by molar-refractivity contribution is 7.91. The minimum absolute atomic E-state index is 0.114. The van der Waals surface area contributed by atoms with E-state index in [2.05, 4.69) is 11.8 Å². The number of likely N-dealkylation sites (N-methyl/N-ethyl adjacent to an activating group) is 1. The predicted molar refractivity (Wildman–Crippen MR) is 75.6 cm³/mol. The van der Waals surface area contributed by atoms with Crippen molar-refractivity contribution in [1.82, 2.24) is 9.21 Å². The topological polar surface area (TPSA) is 60.9 Å². The molecule has 7 heteroatoms. The van der Waals surface area contributed by atoms with Gasteiger partial charge in [-0.25, -0.2) is 8.42 Å². The highest BCUT2D eigenvalue weighted by atomic mass is 32.2. The summed E-state index contributed by atoms with van der Waals surface area (Å²) in [5.41, 5.74) is 0. The third-order valence-corrected chi connectivity index (χ3v) is 6.96. The van der Waals surface area contributed by atoms with Crippen LogP contribution in [0.2, 0.25) is 0 Å². The molecule has 19 heavy (non-hydrogen) atoms. The molecule has 0 saturated carbocycles. The number of hydrogen-bond acceptors (Lipinski definition) is 5. The summed E-state index contributed by atoms with van der Waals surface area (Å²) in [6.07, 6.45) is 0. The van der Waals surface area contributed by atoms with E-state index < -0.39 is 10.0 Å². The second kappa shape index (κ2) is 5.49. The molecule has 1 fully saturated rings. The summed E-state index contributed by atoms with van der Waals surface area (Å²) in [4.78, 5) is 2.75. The lowest BCUT2D eigenvalue weighted by Crippen LogP contribution is -2.35. The highest BCUT2D eigenvalue weighted by Gasteiger charge is 2.38. The van der Waals surface area contributed by atoms with Gasteiger partial charge in [0.15, 0.2) is 0 Å². The molecule has 1 N–H and O–H groups in total. The molecule has 1 saturated heterocycles. The first kappa shape index (κ1) is 14.9. The summed E-state index contributed by atoms with van der Waals surface area (Å²) in [6.45, 7) is 3.05. The quantitative estimate of drug-likeness (QED) is 0.894. The first-order valence-electron chi connectivity index (χ1n) is 6.22. The Labute approximate surface area is 118 Å². The van der Waals surface area contributed by atoms with Crippen LogP contribution < -0.4 is 0 Å². The maximum Gasteiger partial charge on any atom is 0.252 e. The summed E-state index contributed by atoms with van der Waals surface area (Å²) < 4.78 is 26.9. The van der Waals surface area contributed by atoms with Crippen LogP contribution in [0.3, 0.4) is 0 Å². The molecular formula is C12H20N2O3S2. The Kier molecular flexibility index (Phi) is 4.32. The molecule has 0 aliphatic carbocycles. The van der Waals surface area contributed by atoms with Crippen LogP contribution in [0.4, 0.5) is 0 Å². The van der Waals surface area contributed by atoms with Crippen LogP contribution in [-0.4, -0.2) is 56.0 Å². The second-order valence-corrected chi connectivity index (χ2v) is 8.54. The molecule has 1 aromatic rings. The molecule has 2 atom stereocenters. The summed E-state index contributed by atoms with van der Waals surface area (Å²) in [6, 6.07) is 3.51. The van der Waals surface area contributed by atoms with Gasteiger partial charge in [-0.3, -0.25) is 0 Å². The molecule has 1 aromatic heterocycles. The summed E-state index contributed by atoms with van der Waals surface area (Å²) in [5.74, 6) is 0.321. The van der Waals surface area contributed by atoms with Crippen LogP contribution in [0, 0.1) is 5.92 Å². The zero-order chi connectivity index (χ0) is 14.2. The predicted octanol–water partition coefficient (Wildman–Crippen LogP) is 0.811. The number of sulfonamides is 1. The molecule has 0 aromatic carbocycles. The largest absolute Gasteiger partial charge is 0.391 e. The van der Waals surface area contributed by atoms with Crippen molar-refractivity contribution < 1.29 is 13.5 Å². The average Bonchev–Trinajstić information content (AvgIpc) is 2.95. The van der Waals surface area contributed by atoms with Crippen molar-refractivity contribution in [2.45, 2.75) is 23.8 Å². The fraction of sp³-hybridized carbons (Fsp3) is 0.667. The lowest BCUT2D eigenvalue weighted by atomic mass is 10.1. The Morgan fingerprint density at radius 3 is 2.58 bits per heavy atom. The van der Waals surface area contributed by atoms with Gasteiger partial charge in [0.05, 0.1) is 6.61 Å². The zero-order valence-corrected chi connectivity index (χ0v) is 13.0. The van der Waals surface area contributed by atoms with Crippen LogP contribution >= 0.6 is 11.3 Å². The van der Waals surface area contributed by atoms with E-state index in [1.807, 2.05) is 14.1 Å². The van der Waals surface area contributed by atoms with Crippen LogP contribution in [-0.2, 0) is 16.6 Å². The lowest BCUT2D eigenvalue weighted by Gasteiger charge is -2.22. The monoisotopic (exact) mass is 304 g/mol. The van der Waals surface area contributed by atoms with Gasteiger partial charge >= 0.3 is 0 Å². The van der Waals surface area contributed by atoms with Crippen molar-refractivity contribution in [3.63, 3.8) is 0 Å². The van der Waals surface area contributed by atoms with Crippen molar-refractivity contribution >= 4 is 21.4 Å². The van der Waals surface area contributed by atoms with E-state index in [0.717, 1.165) is 11.3 Å². The molecule has 5 nitrogen and oxygen atoms in total. The summed E-state index contributed by atoms with van der Waals surface area (Å²) in [5, 5.41) is 9.03. The first-order valence-corrected chi connectivity index (χ1v) is 8.48. The Hall–Kier alpha value is -0.470. The van der Waals surface area contributed by atoms with Crippen LogP contribution in [0.5, 0.6) is 0 Å². The number of aliphatic hydroxyl groups is 1. The van der Waals surface area contributed by atoms with Crippen LogP contribution in [0.25, 0.3) is 0 Å². The Bertz CT molecular complexity index is 539. The van der Waals surface area contributed by atoms with Gasteiger partial charge in [0.2, 0.25) is 0 Å². The van der Waals surface area contributed by atoms with Gasteiger partial charge in [0.1, 0.15) is 4.21 Å². The molecule has 2 unspecified atom stereocenters. The fourth-order valence-electron chi connectivity index (χ4n) is 2.48. The first-order chi connectivity index (χ1) is 8.86. The van der Waals surface area contributed by atoms with E-state index >= 15 is 0 Å². The third kappa shape index (κ3) is 2.85. The van der Waals surface area contributed by atoms with Crippen LogP contribution in [0.15, 0.2) is 16.3 Å². The minimum Gasteiger partial charge on any atom is -0.391 e. The van der Waals surface area contributed by atoms with Gasteiger partial charge in [-0.15, -0.1) is 11.3 Å². The van der Waals surface area contributed by atoms with Crippen molar-refractivity contribution in [3.05, 3.63) is 17.0 Å². The van der Waals surface area contributed by atoms with E-state index in [1.54, 1.807) is 16.4 Å². The normalized spacial score (nSPS) is 25.3. The Balaban J connectivity index is 2.22. The third-order valence-electron chi connectivity index (χ3n) is 3.59. The Morgan fingerprint density at radius 2 is 2.11 bits per heavy atom. The zero-order valence-electron chi connectivity index (χ0n) is 11.4. The summed E-state index contributed by atoms with van der Waals surface area (Å²) >= 11 is 1.14.